The minimum Gasteiger partial charge on any atom is -0.368 e. The van der Waals surface area contributed by atoms with E-state index in [1.54, 1.807) is 12.4 Å². The molecule has 0 unspecified atom stereocenters. The summed E-state index contributed by atoms with van der Waals surface area (Å²) in [6, 6.07) is 14.3. The molecule has 1 aliphatic rings. The summed E-state index contributed by atoms with van der Waals surface area (Å²) in [4.78, 5) is 28.4. The first-order valence-electron chi connectivity index (χ1n) is 10.6. The Morgan fingerprint density at radius 3 is 2.42 bits per heavy atom. The number of amides is 1. The van der Waals surface area contributed by atoms with Crippen LogP contribution in [0, 0.1) is 13.8 Å². The lowest BCUT2D eigenvalue weighted by Gasteiger charge is -2.37. The average Bonchev–Trinajstić information content (AvgIpc) is 2.80. The molecule has 0 spiro atoms. The number of aryl methyl sites for hydroxylation is 2. The molecule has 0 bridgehead atoms. The highest BCUT2D eigenvalue weighted by Gasteiger charge is 2.23. The Balaban J connectivity index is 1.50. The van der Waals surface area contributed by atoms with E-state index in [0.29, 0.717) is 18.7 Å². The number of anilines is 2. The quantitative estimate of drug-likeness (QED) is 0.649. The fourth-order valence-electron chi connectivity index (χ4n) is 4.05. The molecule has 0 aliphatic carbocycles. The van der Waals surface area contributed by atoms with Crippen LogP contribution in [0.4, 0.5) is 11.5 Å². The van der Waals surface area contributed by atoms with E-state index in [4.69, 9.17) is 0 Å². The van der Waals surface area contributed by atoms with Crippen molar-refractivity contribution in [2.75, 3.05) is 50.1 Å². The number of hydrogen-bond acceptors (Lipinski definition) is 5. The van der Waals surface area contributed by atoms with Crippen molar-refractivity contribution >= 4 is 17.4 Å². The standard InChI is InChI=1S/C25H29N5O/c1-18-8-9-19(2)22(16-18)29-12-14-30(15-13-29)25(31)21-7-5-6-20(17-21)23-24(28(3)4)27-11-10-26-23/h5-11,16-17H,12-15H2,1-4H3. The zero-order chi connectivity index (χ0) is 22.0. The average molecular weight is 416 g/mol. The Kier molecular flexibility index (Phi) is 5.89. The van der Waals surface area contributed by atoms with Gasteiger partial charge in [-0.1, -0.05) is 24.3 Å². The molecule has 2 heterocycles. The van der Waals surface area contributed by atoms with Crippen molar-refractivity contribution in [1.82, 2.24) is 14.9 Å². The van der Waals surface area contributed by atoms with Gasteiger partial charge in [0.1, 0.15) is 5.69 Å². The molecule has 0 saturated carbocycles. The molecule has 6 nitrogen and oxygen atoms in total. The van der Waals surface area contributed by atoms with Crippen LogP contribution in [0.3, 0.4) is 0 Å². The summed E-state index contributed by atoms with van der Waals surface area (Å²) in [5.74, 6) is 0.854. The molecule has 1 fully saturated rings. The van der Waals surface area contributed by atoms with Crippen molar-refractivity contribution in [3.63, 3.8) is 0 Å². The van der Waals surface area contributed by atoms with Crippen molar-refractivity contribution in [3.05, 3.63) is 71.5 Å². The van der Waals surface area contributed by atoms with Crippen molar-refractivity contribution in [2.24, 2.45) is 0 Å². The molecule has 0 atom stereocenters. The summed E-state index contributed by atoms with van der Waals surface area (Å²) >= 11 is 0. The van der Waals surface area contributed by atoms with Gasteiger partial charge in [-0.3, -0.25) is 9.78 Å². The summed E-state index contributed by atoms with van der Waals surface area (Å²) < 4.78 is 0. The van der Waals surface area contributed by atoms with Crippen molar-refractivity contribution in [2.45, 2.75) is 13.8 Å². The highest BCUT2D eigenvalue weighted by atomic mass is 16.2. The predicted molar refractivity (Wildman–Crippen MR) is 126 cm³/mol. The molecule has 0 N–H and O–H groups in total. The van der Waals surface area contributed by atoms with Crippen LogP contribution in [-0.4, -0.2) is 61.0 Å². The first-order valence-corrected chi connectivity index (χ1v) is 10.6. The van der Waals surface area contributed by atoms with Crippen LogP contribution in [0.2, 0.25) is 0 Å². The molecule has 31 heavy (non-hydrogen) atoms. The third kappa shape index (κ3) is 4.38. The van der Waals surface area contributed by atoms with Gasteiger partial charge in [0.05, 0.1) is 0 Å². The van der Waals surface area contributed by atoms with Gasteiger partial charge < -0.3 is 14.7 Å². The first-order chi connectivity index (χ1) is 14.9. The lowest BCUT2D eigenvalue weighted by atomic mass is 10.1. The third-order valence-corrected chi connectivity index (χ3v) is 5.76. The number of nitrogens with zero attached hydrogens (tertiary/aromatic N) is 5. The summed E-state index contributed by atoms with van der Waals surface area (Å²) in [5.41, 5.74) is 6.18. The largest absolute Gasteiger partial charge is 0.368 e. The van der Waals surface area contributed by atoms with E-state index in [2.05, 4.69) is 46.9 Å². The Labute approximate surface area is 184 Å². The van der Waals surface area contributed by atoms with Gasteiger partial charge in [-0.2, -0.15) is 0 Å². The minimum absolute atomic E-state index is 0.0674. The van der Waals surface area contributed by atoms with E-state index in [9.17, 15) is 4.79 Å². The summed E-state index contributed by atoms with van der Waals surface area (Å²) in [5, 5.41) is 0. The normalized spacial score (nSPS) is 13.9. The third-order valence-electron chi connectivity index (χ3n) is 5.76. The van der Waals surface area contributed by atoms with Crippen molar-refractivity contribution < 1.29 is 4.79 Å². The molecular formula is C25H29N5O. The first kappa shape index (κ1) is 20.8. The van der Waals surface area contributed by atoms with Gasteiger partial charge in [0.25, 0.3) is 5.91 Å². The topological polar surface area (TPSA) is 52.6 Å². The summed E-state index contributed by atoms with van der Waals surface area (Å²) in [6.45, 7) is 7.37. The highest BCUT2D eigenvalue weighted by molar-refractivity contribution is 5.96. The van der Waals surface area contributed by atoms with Gasteiger partial charge in [-0.15, -0.1) is 0 Å². The molecule has 1 aliphatic heterocycles. The molecule has 1 saturated heterocycles. The van der Waals surface area contributed by atoms with Crippen LogP contribution in [-0.2, 0) is 0 Å². The predicted octanol–water partition coefficient (Wildman–Crippen LogP) is 3.79. The van der Waals surface area contributed by atoms with Crippen LogP contribution in [0.15, 0.2) is 54.9 Å². The van der Waals surface area contributed by atoms with Crippen molar-refractivity contribution in [3.8, 4) is 11.3 Å². The lowest BCUT2D eigenvalue weighted by Crippen LogP contribution is -2.49. The number of carbonyl (C=O) groups is 1. The van der Waals surface area contributed by atoms with Crippen LogP contribution < -0.4 is 9.80 Å². The SMILES string of the molecule is Cc1ccc(C)c(N2CCN(C(=O)c3cccc(-c4nccnc4N(C)C)c3)CC2)c1. The van der Waals surface area contributed by atoms with E-state index in [1.807, 2.05) is 48.2 Å². The minimum atomic E-state index is 0.0674. The number of hydrogen-bond donors (Lipinski definition) is 0. The number of rotatable bonds is 4. The Hall–Kier alpha value is -3.41. The number of carbonyl (C=O) groups excluding carboxylic acids is 1. The van der Waals surface area contributed by atoms with Crippen molar-refractivity contribution in [1.29, 1.82) is 0 Å². The second-order valence-corrected chi connectivity index (χ2v) is 8.27. The van der Waals surface area contributed by atoms with E-state index in [0.717, 1.165) is 30.2 Å². The summed E-state index contributed by atoms with van der Waals surface area (Å²) in [6.07, 6.45) is 3.37. The Bertz CT molecular complexity index is 1090. The van der Waals surface area contributed by atoms with E-state index in [-0.39, 0.29) is 5.91 Å². The van der Waals surface area contributed by atoms with Gasteiger partial charge in [-0.25, -0.2) is 4.98 Å². The van der Waals surface area contributed by atoms with E-state index >= 15 is 0 Å². The maximum Gasteiger partial charge on any atom is 0.253 e. The Morgan fingerprint density at radius 1 is 0.935 bits per heavy atom. The fourth-order valence-corrected chi connectivity index (χ4v) is 4.05. The molecule has 2 aromatic carbocycles. The molecule has 6 heteroatoms. The van der Waals surface area contributed by atoms with Gasteiger partial charge >= 0.3 is 0 Å². The number of benzene rings is 2. The van der Waals surface area contributed by atoms with Gasteiger partial charge in [0.15, 0.2) is 5.82 Å². The molecule has 0 radical (unpaired) electrons. The van der Waals surface area contributed by atoms with Crippen LogP contribution >= 0.6 is 0 Å². The van der Waals surface area contributed by atoms with Gasteiger partial charge in [0, 0.05) is 69.5 Å². The van der Waals surface area contributed by atoms with Gasteiger partial charge in [0.2, 0.25) is 0 Å². The maximum atomic E-state index is 13.2. The molecule has 1 amide bonds. The molecule has 160 valence electrons. The second kappa shape index (κ2) is 8.76. The number of piperazine rings is 1. The van der Waals surface area contributed by atoms with Gasteiger partial charge in [-0.05, 0) is 43.2 Å². The van der Waals surface area contributed by atoms with Crippen LogP contribution in [0.25, 0.3) is 11.3 Å². The second-order valence-electron chi connectivity index (χ2n) is 8.27. The number of aromatic nitrogens is 2. The molecule has 4 rings (SSSR count). The Morgan fingerprint density at radius 2 is 1.68 bits per heavy atom. The molecular weight excluding hydrogens is 386 g/mol. The zero-order valence-electron chi connectivity index (χ0n) is 18.7. The van der Waals surface area contributed by atoms with E-state index in [1.165, 1.54) is 16.8 Å². The highest BCUT2D eigenvalue weighted by Crippen LogP contribution is 2.27. The summed E-state index contributed by atoms with van der Waals surface area (Å²) in [7, 11) is 3.88. The maximum absolute atomic E-state index is 13.2. The fraction of sp³-hybridized carbons (Fsp3) is 0.320. The van der Waals surface area contributed by atoms with Crippen LogP contribution in [0.1, 0.15) is 21.5 Å². The van der Waals surface area contributed by atoms with E-state index < -0.39 is 0 Å². The van der Waals surface area contributed by atoms with Crippen LogP contribution in [0.5, 0.6) is 0 Å². The zero-order valence-corrected chi connectivity index (χ0v) is 18.7. The molecule has 3 aromatic rings. The monoisotopic (exact) mass is 415 g/mol. The molecule has 1 aromatic heterocycles. The smallest absolute Gasteiger partial charge is 0.253 e. The lowest BCUT2D eigenvalue weighted by molar-refractivity contribution is 0.0747.